The number of hydrogen-bond acceptors (Lipinski definition) is 3. The van der Waals surface area contributed by atoms with Crippen LogP contribution in [0.3, 0.4) is 0 Å². The second kappa shape index (κ2) is 1.93. The molecule has 0 bridgehead atoms. The van der Waals surface area contributed by atoms with Crippen LogP contribution < -0.4 is 11.5 Å². The van der Waals surface area contributed by atoms with Gasteiger partial charge in [0.25, 0.3) is 0 Å². The monoisotopic (exact) mass is 124 g/mol. The third kappa shape index (κ3) is 1.32. The summed E-state index contributed by atoms with van der Waals surface area (Å²) >= 11 is 0. The first kappa shape index (κ1) is 5.88. The molecular formula is C6H8N2O. The second-order valence-corrected chi connectivity index (χ2v) is 2.01. The van der Waals surface area contributed by atoms with Crippen molar-refractivity contribution in [1.82, 2.24) is 0 Å². The molecule has 1 rings (SSSR count). The Bertz CT molecular complexity index is 203. The molecule has 0 radical (unpaired) electrons. The highest BCUT2D eigenvalue weighted by Crippen LogP contribution is 2.05. The van der Waals surface area contributed by atoms with Crippen molar-refractivity contribution in [3.8, 4) is 0 Å². The Morgan fingerprint density at radius 2 is 2.00 bits per heavy atom. The van der Waals surface area contributed by atoms with E-state index in [1.54, 1.807) is 6.08 Å². The van der Waals surface area contributed by atoms with E-state index in [0.29, 0.717) is 17.8 Å². The molecule has 1 aliphatic rings. The SMILES string of the molecule is NC1=CC(=O)CC(N)=C1. The molecule has 0 fully saturated rings. The molecule has 48 valence electrons. The van der Waals surface area contributed by atoms with Gasteiger partial charge in [0.1, 0.15) is 0 Å². The lowest BCUT2D eigenvalue weighted by Gasteiger charge is -2.03. The molecule has 0 amide bonds. The van der Waals surface area contributed by atoms with Crippen LogP contribution in [0.5, 0.6) is 0 Å². The largest absolute Gasteiger partial charge is 0.402 e. The summed E-state index contributed by atoms with van der Waals surface area (Å²) < 4.78 is 0. The van der Waals surface area contributed by atoms with Crippen molar-refractivity contribution in [2.24, 2.45) is 11.5 Å². The molecule has 0 heterocycles. The number of hydrogen-bond donors (Lipinski definition) is 2. The summed E-state index contributed by atoms with van der Waals surface area (Å²) in [6.07, 6.45) is 3.29. The van der Waals surface area contributed by atoms with E-state index < -0.39 is 0 Å². The van der Waals surface area contributed by atoms with E-state index in [0.717, 1.165) is 0 Å². The topological polar surface area (TPSA) is 69.1 Å². The fourth-order valence-electron chi connectivity index (χ4n) is 0.745. The quantitative estimate of drug-likeness (QED) is 0.463. The number of carbonyl (C=O) groups is 1. The van der Waals surface area contributed by atoms with Gasteiger partial charge in [-0.3, -0.25) is 4.79 Å². The summed E-state index contributed by atoms with van der Waals surface area (Å²) in [6.45, 7) is 0. The molecule has 0 unspecified atom stereocenters. The molecule has 0 aromatic heterocycles. The Morgan fingerprint density at radius 1 is 1.33 bits per heavy atom. The number of allylic oxidation sites excluding steroid dienone is 3. The zero-order valence-corrected chi connectivity index (χ0v) is 4.92. The van der Waals surface area contributed by atoms with Gasteiger partial charge in [0, 0.05) is 17.5 Å². The number of carbonyl (C=O) groups excluding carboxylic acids is 1. The predicted octanol–water partition coefficient (Wildman–Crippen LogP) is -0.356. The van der Waals surface area contributed by atoms with Crippen molar-refractivity contribution in [3.05, 3.63) is 23.5 Å². The summed E-state index contributed by atoms with van der Waals surface area (Å²) in [5.41, 5.74) is 11.6. The summed E-state index contributed by atoms with van der Waals surface area (Å²) in [5, 5.41) is 0. The molecule has 0 saturated carbocycles. The normalized spacial score (nSPS) is 18.9. The standard InChI is InChI=1S/C6H8N2O/c7-4-1-5(8)3-6(9)2-4/h1-2H,3,7-8H2. The predicted molar refractivity (Wildman–Crippen MR) is 34.2 cm³/mol. The van der Waals surface area contributed by atoms with Crippen LogP contribution in [0, 0.1) is 0 Å². The van der Waals surface area contributed by atoms with Gasteiger partial charge in [-0.25, -0.2) is 0 Å². The van der Waals surface area contributed by atoms with Crippen molar-refractivity contribution in [2.75, 3.05) is 0 Å². The van der Waals surface area contributed by atoms with Crippen molar-refractivity contribution < 1.29 is 4.79 Å². The maximum Gasteiger partial charge on any atom is 0.163 e. The molecule has 0 aliphatic heterocycles. The van der Waals surface area contributed by atoms with Crippen LogP contribution in [0.4, 0.5) is 0 Å². The Labute approximate surface area is 53.0 Å². The average Bonchev–Trinajstić information content (AvgIpc) is 1.59. The number of rotatable bonds is 0. The van der Waals surface area contributed by atoms with Gasteiger partial charge in [-0.05, 0) is 6.08 Å². The molecule has 0 spiro atoms. The molecule has 3 nitrogen and oxygen atoms in total. The van der Waals surface area contributed by atoms with Gasteiger partial charge >= 0.3 is 0 Å². The molecule has 0 saturated heterocycles. The zero-order chi connectivity index (χ0) is 6.85. The lowest BCUT2D eigenvalue weighted by atomic mass is 10.1. The summed E-state index contributed by atoms with van der Waals surface area (Å²) in [7, 11) is 0. The van der Waals surface area contributed by atoms with Gasteiger partial charge < -0.3 is 11.5 Å². The van der Waals surface area contributed by atoms with Crippen LogP contribution in [0.15, 0.2) is 23.5 Å². The van der Waals surface area contributed by atoms with Crippen molar-refractivity contribution in [2.45, 2.75) is 6.42 Å². The molecule has 0 aromatic carbocycles. The maximum atomic E-state index is 10.6. The van der Waals surface area contributed by atoms with Gasteiger partial charge in [0.05, 0.1) is 6.42 Å². The lowest BCUT2D eigenvalue weighted by Crippen LogP contribution is -2.12. The maximum absolute atomic E-state index is 10.6. The lowest BCUT2D eigenvalue weighted by molar-refractivity contribution is -0.114. The van der Waals surface area contributed by atoms with Gasteiger partial charge in [-0.15, -0.1) is 0 Å². The van der Waals surface area contributed by atoms with Gasteiger partial charge in [0.15, 0.2) is 5.78 Å². The van der Waals surface area contributed by atoms with Crippen LogP contribution in [-0.4, -0.2) is 5.78 Å². The Hall–Kier alpha value is -1.25. The minimum absolute atomic E-state index is 0.0208. The first-order chi connectivity index (χ1) is 4.18. The zero-order valence-electron chi connectivity index (χ0n) is 4.92. The minimum Gasteiger partial charge on any atom is -0.402 e. The number of ketones is 1. The fourth-order valence-corrected chi connectivity index (χ4v) is 0.745. The summed E-state index contributed by atoms with van der Waals surface area (Å²) in [4.78, 5) is 10.6. The molecular weight excluding hydrogens is 116 g/mol. The Balaban J connectivity index is 2.86. The molecule has 9 heavy (non-hydrogen) atoms. The summed E-state index contributed by atoms with van der Waals surface area (Å²) in [5.74, 6) is -0.0208. The van der Waals surface area contributed by atoms with Crippen LogP contribution in [0.2, 0.25) is 0 Å². The third-order valence-corrected chi connectivity index (χ3v) is 1.06. The van der Waals surface area contributed by atoms with Crippen molar-refractivity contribution in [3.63, 3.8) is 0 Å². The van der Waals surface area contributed by atoms with E-state index >= 15 is 0 Å². The van der Waals surface area contributed by atoms with E-state index in [4.69, 9.17) is 11.5 Å². The van der Waals surface area contributed by atoms with E-state index in [1.807, 2.05) is 0 Å². The number of nitrogens with two attached hydrogens (primary N) is 2. The Kier molecular flexibility index (Phi) is 1.26. The van der Waals surface area contributed by atoms with Crippen LogP contribution >= 0.6 is 0 Å². The molecule has 1 aliphatic carbocycles. The van der Waals surface area contributed by atoms with E-state index in [1.165, 1.54) is 6.08 Å². The van der Waals surface area contributed by atoms with Gasteiger partial charge in [0.2, 0.25) is 0 Å². The first-order valence-corrected chi connectivity index (χ1v) is 2.64. The van der Waals surface area contributed by atoms with Gasteiger partial charge in [-0.2, -0.15) is 0 Å². The molecule has 3 heteroatoms. The van der Waals surface area contributed by atoms with E-state index in [-0.39, 0.29) is 5.78 Å². The van der Waals surface area contributed by atoms with Gasteiger partial charge in [-0.1, -0.05) is 0 Å². The average molecular weight is 124 g/mol. The molecule has 4 N–H and O–H groups in total. The highest BCUT2D eigenvalue weighted by Gasteiger charge is 2.05. The van der Waals surface area contributed by atoms with E-state index in [9.17, 15) is 4.79 Å². The molecule has 0 aromatic rings. The Morgan fingerprint density at radius 3 is 2.44 bits per heavy atom. The fraction of sp³-hybridized carbons (Fsp3) is 0.167. The second-order valence-electron chi connectivity index (χ2n) is 2.01. The van der Waals surface area contributed by atoms with Crippen LogP contribution in [0.1, 0.15) is 6.42 Å². The van der Waals surface area contributed by atoms with Crippen molar-refractivity contribution >= 4 is 5.78 Å². The smallest absolute Gasteiger partial charge is 0.163 e. The van der Waals surface area contributed by atoms with Crippen LogP contribution in [-0.2, 0) is 4.79 Å². The molecule has 0 atom stereocenters. The minimum atomic E-state index is -0.0208. The van der Waals surface area contributed by atoms with Crippen molar-refractivity contribution in [1.29, 1.82) is 0 Å². The summed E-state index contributed by atoms with van der Waals surface area (Å²) in [6, 6.07) is 0. The van der Waals surface area contributed by atoms with E-state index in [2.05, 4.69) is 0 Å². The highest BCUT2D eigenvalue weighted by molar-refractivity contribution is 5.93. The first-order valence-electron chi connectivity index (χ1n) is 2.64. The third-order valence-electron chi connectivity index (χ3n) is 1.06. The highest BCUT2D eigenvalue weighted by atomic mass is 16.1. The van der Waals surface area contributed by atoms with Crippen LogP contribution in [0.25, 0.3) is 0 Å².